The summed E-state index contributed by atoms with van der Waals surface area (Å²) < 4.78 is 25.1. The van der Waals surface area contributed by atoms with Crippen LogP contribution in [0.5, 0.6) is 0 Å². The molecule has 0 bridgehead atoms. The SMILES string of the molecule is Nc1n[nH]c2ccc(S(=O)(=O)c3cc(Cl)cc(Cl)c3)nc12. The van der Waals surface area contributed by atoms with Gasteiger partial charge in [-0.05, 0) is 30.3 Å². The van der Waals surface area contributed by atoms with Crippen molar-refractivity contribution in [1.82, 2.24) is 15.2 Å². The predicted molar refractivity (Wildman–Crippen MR) is 80.2 cm³/mol. The van der Waals surface area contributed by atoms with E-state index in [1.165, 1.54) is 24.3 Å². The Bertz CT molecular complexity index is 933. The molecule has 0 aliphatic rings. The molecule has 0 spiro atoms. The van der Waals surface area contributed by atoms with Gasteiger partial charge in [-0.25, -0.2) is 13.4 Å². The smallest absolute Gasteiger partial charge is 0.223 e. The quantitative estimate of drug-likeness (QED) is 0.745. The Balaban J connectivity index is 2.21. The maximum atomic E-state index is 12.6. The van der Waals surface area contributed by atoms with Crippen LogP contribution in [-0.2, 0) is 9.84 Å². The number of hydrogen-bond donors (Lipinski definition) is 2. The summed E-state index contributed by atoms with van der Waals surface area (Å²) in [4.78, 5) is 4.02. The molecule has 3 rings (SSSR count). The van der Waals surface area contributed by atoms with Crippen molar-refractivity contribution in [3.05, 3.63) is 40.4 Å². The lowest BCUT2D eigenvalue weighted by molar-refractivity contribution is 0.593. The molecule has 9 heteroatoms. The van der Waals surface area contributed by atoms with Crippen molar-refractivity contribution in [1.29, 1.82) is 0 Å². The highest BCUT2D eigenvalue weighted by molar-refractivity contribution is 7.91. The molecule has 0 radical (unpaired) electrons. The van der Waals surface area contributed by atoms with Gasteiger partial charge in [-0.15, -0.1) is 0 Å². The highest BCUT2D eigenvalue weighted by atomic mass is 35.5. The standard InChI is InChI=1S/C12H8Cl2N4O2S/c13-6-3-7(14)5-8(4-6)21(19,20)10-2-1-9-11(16-10)12(15)18-17-9/h1-5H,(H3,15,17,18). The molecule has 0 unspecified atom stereocenters. The molecule has 0 aliphatic heterocycles. The second kappa shape index (κ2) is 4.87. The summed E-state index contributed by atoms with van der Waals surface area (Å²) in [6, 6.07) is 6.99. The van der Waals surface area contributed by atoms with Crippen LogP contribution in [0.3, 0.4) is 0 Å². The lowest BCUT2D eigenvalue weighted by atomic mass is 10.4. The Kier molecular flexibility index (Phi) is 3.27. The van der Waals surface area contributed by atoms with Crippen LogP contribution in [-0.4, -0.2) is 23.6 Å². The number of benzene rings is 1. The van der Waals surface area contributed by atoms with E-state index in [0.29, 0.717) is 11.0 Å². The third kappa shape index (κ3) is 2.44. The third-order valence-electron chi connectivity index (χ3n) is 2.83. The van der Waals surface area contributed by atoms with Gasteiger partial charge in [-0.1, -0.05) is 23.2 Å². The van der Waals surface area contributed by atoms with Crippen molar-refractivity contribution in [2.45, 2.75) is 9.92 Å². The van der Waals surface area contributed by atoms with Crippen LogP contribution in [0, 0.1) is 0 Å². The van der Waals surface area contributed by atoms with Gasteiger partial charge in [0.25, 0.3) is 0 Å². The summed E-state index contributed by atoms with van der Waals surface area (Å²) in [5, 5.41) is 6.73. The molecular weight excluding hydrogens is 335 g/mol. The number of nitrogen functional groups attached to an aromatic ring is 1. The first kappa shape index (κ1) is 14.1. The number of nitrogens with zero attached hydrogens (tertiary/aromatic N) is 2. The van der Waals surface area contributed by atoms with Gasteiger partial charge in [-0.2, -0.15) is 5.10 Å². The zero-order valence-corrected chi connectivity index (χ0v) is 12.7. The lowest BCUT2D eigenvalue weighted by Crippen LogP contribution is -2.05. The molecule has 0 saturated carbocycles. The normalized spacial score (nSPS) is 11.9. The Morgan fingerprint density at radius 3 is 2.43 bits per heavy atom. The first-order valence-corrected chi connectivity index (χ1v) is 7.93. The number of pyridine rings is 1. The molecule has 0 amide bonds. The molecule has 108 valence electrons. The molecule has 21 heavy (non-hydrogen) atoms. The van der Waals surface area contributed by atoms with Crippen LogP contribution in [0.1, 0.15) is 0 Å². The highest BCUT2D eigenvalue weighted by Gasteiger charge is 2.21. The largest absolute Gasteiger partial charge is 0.380 e. The van der Waals surface area contributed by atoms with E-state index in [9.17, 15) is 8.42 Å². The number of nitrogens with two attached hydrogens (primary N) is 1. The minimum Gasteiger partial charge on any atom is -0.380 e. The van der Waals surface area contributed by atoms with E-state index in [2.05, 4.69) is 15.2 Å². The van der Waals surface area contributed by atoms with E-state index < -0.39 is 9.84 Å². The number of fused-ring (bicyclic) bond motifs is 1. The number of aromatic amines is 1. The maximum Gasteiger partial charge on any atom is 0.223 e. The van der Waals surface area contributed by atoms with E-state index in [-0.39, 0.29) is 25.8 Å². The van der Waals surface area contributed by atoms with Crippen LogP contribution in [0.25, 0.3) is 11.0 Å². The molecule has 2 aromatic heterocycles. The Hall–Kier alpha value is -1.83. The molecule has 1 aromatic carbocycles. The number of halogens is 2. The van der Waals surface area contributed by atoms with Gasteiger partial charge in [0.1, 0.15) is 5.52 Å². The lowest BCUT2D eigenvalue weighted by Gasteiger charge is -2.05. The molecule has 3 aromatic rings. The summed E-state index contributed by atoms with van der Waals surface area (Å²) in [6.07, 6.45) is 0. The number of aromatic nitrogens is 3. The minimum absolute atomic E-state index is 0.0334. The van der Waals surface area contributed by atoms with Gasteiger partial charge in [0.15, 0.2) is 10.8 Å². The van der Waals surface area contributed by atoms with E-state index in [4.69, 9.17) is 28.9 Å². The molecule has 0 fully saturated rings. The van der Waals surface area contributed by atoms with Gasteiger partial charge >= 0.3 is 0 Å². The number of rotatable bonds is 2. The fourth-order valence-electron chi connectivity index (χ4n) is 1.85. The number of anilines is 1. The summed E-state index contributed by atoms with van der Waals surface area (Å²) in [5.74, 6) is 0.131. The molecule has 3 N–H and O–H groups in total. The highest BCUT2D eigenvalue weighted by Crippen LogP contribution is 2.27. The first-order chi connectivity index (χ1) is 9.88. The third-order valence-corrected chi connectivity index (χ3v) is 4.90. The van der Waals surface area contributed by atoms with Crippen molar-refractivity contribution >= 4 is 49.9 Å². The first-order valence-electron chi connectivity index (χ1n) is 5.70. The van der Waals surface area contributed by atoms with E-state index in [1.54, 1.807) is 6.07 Å². The maximum absolute atomic E-state index is 12.6. The average molecular weight is 343 g/mol. The molecule has 0 aliphatic carbocycles. The van der Waals surface area contributed by atoms with Crippen molar-refractivity contribution in [2.75, 3.05) is 5.73 Å². The summed E-state index contributed by atoms with van der Waals surface area (Å²) >= 11 is 11.7. The molecule has 0 saturated heterocycles. The van der Waals surface area contributed by atoms with Crippen molar-refractivity contribution in [3.63, 3.8) is 0 Å². The van der Waals surface area contributed by atoms with E-state index in [1.807, 2.05) is 0 Å². The van der Waals surface area contributed by atoms with Crippen LogP contribution in [0.4, 0.5) is 5.82 Å². The second-order valence-electron chi connectivity index (χ2n) is 4.26. The van der Waals surface area contributed by atoms with Crippen molar-refractivity contribution < 1.29 is 8.42 Å². The van der Waals surface area contributed by atoms with Gasteiger partial charge in [0.2, 0.25) is 9.84 Å². The zero-order valence-electron chi connectivity index (χ0n) is 10.3. The molecule has 0 atom stereocenters. The van der Waals surface area contributed by atoms with Gasteiger partial charge in [-0.3, -0.25) is 5.10 Å². The van der Waals surface area contributed by atoms with Crippen molar-refractivity contribution in [2.24, 2.45) is 0 Å². The fraction of sp³-hybridized carbons (Fsp3) is 0. The monoisotopic (exact) mass is 342 g/mol. The Morgan fingerprint density at radius 1 is 1.10 bits per heavy atom. The van der Waals surface area contributed by atoms with Crippen LogP contribution in [0.2, 0.25) is 10.0 Å². The van der Waals surface area contributed by atoms with Crippen LogP contribution < -0.4 is 5.73 Å². The van der Waals surface area contributed by atoms with E-state index in [0.717, 1.165) is 0 Å². The molecular formula is C12H8Cl2N4O2S. The summed E-state index contributed by atoms with van der Waals surface area (Å²) in [7, 11) is -3.85. The minimum atomic E-state index is -3.85. The Labute approximate surface area is 129 Å². The van der Waals surface area contributed by atoms with Gasteiger partial charge in [0, 0.05) is 10.0 Å². The van der Waals surface area contributed by atoms with Crippen LogP contribution >= 0.6 is 23.2 Å². The fourth-order valence-corrected chi connectivity index (χ4v) is 3.77. The zero-order chi connectivity index (χ0) is 15.2. The second-order valence-corrected chi connectivity index (χ2v) is 7.03. The number of H-pyrrole nitrogens is 1. The Morgan fingerprint density at radius 2 is 1.76 bits per heavy atom. The van der Waals surface area contributed by atoms with Crippen molar-refractivity contribution in [3.8, 4) is 0 Å². The van der Waals surface area contributed by atoms with Crippen LogP contribution in [0.15, 0.2) is 40.3 Å². The van der Waals surface area contributed by atoms with Gasteiger partial charge < -0.3 is 5.73 Å². The average Bonchev–Trinajstić information content (AvgIpc) is 2.79. The van der Waals surface area contributed by atoms with E-state index >= 15 is 0 Å². The van der Waals surface area contributed by atoms with Gasteiger partial charge in [0.05, 0.1) is 10.4 Å². The number of nitrogens with one attached hydrogen (secondary N) is 1. The molecule has 6 nitrogen and oxygen atoms in total. The number of hydrogen-bond acceptors (Lipinski definition) is 5. The predicted octanol–water partition coefficient (Wildman–Crippen LogP) is 2.68. The number of sulfone groups is 1. The summed E-state index contributed by atoms with van der Waals surface area (Å²) in [5.41, 5.74) is 6.48. The molecule has 2 heterocycles. The topological polar surface area (TPSA) is 102 Å². The summed E-state index contributed by atoms with van der Waals surface area (Å²) in [6.45, 7) is 0.